The van der Waals surface area contributed by atoms with E-state index in [4.69, 9.17) is 4.99 Å². The molecule has 28 heavy (non-hydrogen) atoms. The minimum Gasteiger partial charge on any atom is -0.357 e. The molecule has 0 spiro atoms. The molecule has 1 atom stereocenters. The van der Waals surface area contributed by atoms with Gasteiger partial charge in [-0.3, -0.25) is 4.68 Å². The van der Waals surface area contributed by atoms with Gasteiger partial charge in [0, 0.05) is 43.0 Å². The van der Waals surface area contributed by atoms with Crippen LogP contribution in [0.25, 0.3) is 0 Å². The molecule has 2 aromatic rings. The van der Waals surface area contributed by atoms with E-state index in [0.29, 0.717) is 6.54 Å². The fourth-order valence-corrected chi connectivity index (χ4v) is 3.31. The summed E-state index contributed by atoms with van der Waals surface area (Å²) in [7, 11) is 1.97. The molecule has 0 amide bonds. The lowest BCUT2D eigenvalue weighted by Crippen LogP contribution is -2.52. The lowest BCUT2D eigenvalue weighted by atomic mass is 10.0. The Labute approximate surface area is 169 Å². The van der Waals surface area contributed by atoms with Crippen molar-refractivity contribution in [1.29, 1.82) is 0 Å². The number of aromatic nitrogens is 2. The first-order chi connectivity index (χ1) is 13.2. The van der Waals surface area contributed by atoms with Crippen LogP contribution in [-0.2, 0) is 13.6 Å². The molecule has 1 unspecified atom stereocenters. The summed E-state index contributed by atoms with van der Waals surface area (Å²) in [5.41, 5.74) is 4.59. The summed E-state index contributed by atoms with van der Waals surface area (Å²) >= 11 is 0. The van der Waals surface area contributed by atoms with Gasteiger partial charge in [-0.15, -0.1) is 0 Å². The maximum Gasteiger partial charge on any atom is 0.191 e. The molecule has 0 saturated heterocycles. The molecule has 0 aliphatic heterocycles. The Morgan fingerprint density at radius 2 is 1.86 bits per heavy atom. The molecule has 0 saturated carbocycles. The topological polar surface area (TPSA) is 66.3 Å². The molecule has 0 fully saturated rings. The Kier molecular flexibility index (Phi) is 7.63. The molecule has 2 rings (SSSR count). The van der Waals surface area contributed by atoms with E-state index in [1.165, 1.54) is 11.1 Å². The molecule has 1 heterocycles. The fourth-order valence-electron chi connectivity index (χ4n) is 3.31. The van der Waals surface area contributed by atoms with E-state index in [1.807, 2.05) is 24.7 Å². The Morgan fingerprint density at radius 1 is 1.18 bits per heavy atom. The Hall–Kier alpha value is -2.34. The van der Waals surface area contributed by atoms with E-state index < -0.39 is 0 Å². The predicted octanol–water partition coefficient (Wildman–Crippen LogP) is 3.22. The molecule has 0 bridgehead atoms. The number of aryl methyl sites for hydroxylation is 2. The largest absolute Gasteiger partial charge is 0.357 e. The molecule has 1 aromatic heterocycles. The SMILES string of the molecule is CCNC(=NCc1c(C)nn(C)c1C)NCC(C)(C)NC(C)c1ccccc1. The minimum atomic E-state index is -0.0917. The highest BCUT2D eigenvalue weighted by molar-refractivity contribution is 5.79. The van der Waals surface area contributed by atoms with Crippen molar-refractivity contribution in [2.45, 2.75) is 59.7 Å². The number of nitrogens with one attached hydrogen (secondary N) is 3. The number of benzene rings is 1. The van der Waals surface area contributed by atoms with Gasteiger partial charge in [0.1, 0.15) is 0 Å². The second-order valence-electron chi connectivity index (χ2n) is 7.98. The summed E-state index contributed by atoms with van der Waals surface area (Å²) in [5.74, 6) is 0.826. The van der Waals surface area contributed by atoms with E-state index >= 15 is 0 Å². The van der Waals surface area contributed by atoms with Crippen molar-refractivity contribution in [2.75, 3.05) is 13.1 Å². The van der Waals surface area contributed by atoms with E-state index in [2.05, 4.69) is 79.9 Å². The summed E-state index contributed by atoms with van der Waals surface area (Å²) in [6.07, 6.45) is 0. The van der Waals surface area contributed by atoms with Gasteiger partial charge < -0.3 is 16.0 Å². The number of rotatable bonds is 8. The van der Waals surface area contributed by atoms with Crippen LogP contribution in [0.1, 0.15) is 56.3 Å². The smallest absolute Gasteiger partial charge is 0.191 e. The van der Waals surface area contributed by atoms with Crippen LogP contribution in [0.2, 0.25) is 0 Å². The first kappa shape index (κ1) is 22.0. The van der Waals surface area contributed by atoms with Crippen LogP contribution in [0.4, 0.5) is 0 Å². The van der Waals surface area contributed by atoms with Crippen molar-refractivity contribution >= 4 is 5.96 Å². The van der Waals surface area contributed by atoms with E-state index in [0.717, 1.165) is 30.4 Å². The van der Waals surface area contributed by atoms with Crippen LogP contribution < -0.4 is 16.0 Å². The van der Waals surface area contributed by atoms with Gasteiger partial charge in [-0.2, -0.15) is 5.10 Å². The summed E-state index contributed by atoms with van der Waals surface area (Å²) < 4.78 is 1.92. The molecule has 0 radical (unpaired) electrons. The van der Waals surface area contributed by atoms with Crippen LogP contribution in [0, 0.1) is 13.8 Å². The third-order valence-corrected chi connectivity index (χ3v) is 5.00. The van der Waals surface area contributed by atoms with Gasteiger partial charge in [0.15, 0.2) is 5.96 Å². The van der Waals surface area contributed by atoms with Gasteiger partial charge in [0.2, 0.25) is 0 Å². The molecular weight excluding hydrogens is 348 g/mol. The van der Waals surface area contributed by atoms with Crippen molar-refractivity contribution in [3.8, 4) is 0 Å². The minimum absolute atomic E-state index is 0.0917. The lowest BCUT2D eigenvalue weighted by molar-refractivity contribution is 0.345. The van der Waals surface area contributed by atoms with Crippen LogP contribution in [0.5, 0.6) is 0 Å². The molecular formula is C22H36N6. The van der Waals surface area contributed by atoms with E-state index in [9.17, 15) is 0 Å². The third-order valence-electron chi connectivity index (χ3n) is 5.00. The lowest BCUT2D eigenvalue weighted by Gasteiger charge is -2.31. The zero-order chi connectivity index (χ0) is 20.7. The summed E-state index contributed by atoms with van der Waals surface area (Å²) in [6.45, 7) is 15.0. The molecule has 1 aromatic carbocycles. The number of aliphatic imine (C=N–C) groups is 1. The quantitative estimate of drug-likeness (QED) is 0.483. The van der Waals surface area contributed by atoms with Crippen LogP contribution >= 0.6 is 0 Å². The van der Waals surface area contributed by atoms with E-state index in [1.54, 1.807) is 0 Å². The summed E-state index contributed by atoms with van der Waals surface area (Å²) in [5, 5.41) is 15.0. The summed E-state index contributed by atoms with van der Waals surface area (Å²) in [4.78, 5) is 4.77. The van der Waals surface area contributed by atoms with Crippen LogP contribution in [0.15, 0.2) is 35.3 Å². The Morgan fingerprint density at radius 3 is 2.43 bits per heavy atom. The average Bonchev–Trinajstić information content (AvgIpc) is 2.90. The molecule has 0 aliphatic carbocycles. The number of guanidine groups is 1. The first-order valence-electron chi connectivity index (χ1n) is 10.1. The van der Waals surface area contributed by atoms with Gasteiger partial charge in [-0.1, -0.05) is 30.3 Å². The maximum atomic E-state index is 4.77. The highest BCUT2D eigenvalue weighted by atomic mass is 15.3. The molecule has 3 N–H and O–H groups in total. The number of hydrogen-bond donors (Lipinski definition) is 3. The van der Waals surface area contributed by atoms with Crippen molar-refractivity contribution in [2.24, 2.45) is 12.0 Å². The van der Waals surface area contributed by atoms with Gasteiger partial charge >= 0.3 is 0 Å². The zero-order valence-electron chi connectivity index (χ0n) is 18.4. The first-order valence-corrected chi connectivity index (χ1v) is 10.1. The molecule has 6 nitrogen and oxygen atoms in total. The van der Waals surface area contributed by atoms with Gasteiger partial charge in [0.05, 0.1) is 12.2 Å². The second-order valence-corrected chi connectivity index (χ2v) is 7.98. The van der Waals surface area contributed by atoms with Gasteiger partial charge in [-0.25, -0.2) is 4.99 Å². The second kappa shape index (κ2) is 9.73. The molecule has 6 heteroatoms. The number of nitrogens with zero attached hydrogens (tertiary/aromatic N) is 3. The van der Waals surface area contributed by atoms with E-state index in [-0.39, 0.29) is 11.6 Å². The fraction of sp³-hybridized carbons (Fsp3) is 0.545. The highest BCUT2D eigenvalue weighted by Crippen LogP contribution is 2.16. The van der Waals surface area contributed by atoms with Crippen molar-refractivity contribution in [3.63, 3.8) is 0 Å². The van der Waals surface area contributed by atoms with Crippen molar-refractivity contribution in [3.05, 3.63) is 52.8 Å². The molecule has 154 valence electrons. The Balaban J connectivity index is 1.99. The van der Waals surface area contributed by atoms with Gasteiger partial charge in [0.25, 0.3) is 0 Å². The Bertz CT molecular complexity index is 776. The van der Waals surface area contributed by atoms with Crippen molar-refractivity contribution < 1.29 is 0 Å². The monoisotopic (exact) mass is 384 g/mol. The average molecular weight is 385 g/mol. The third kappa shape index (κ3) is 6.09. The predicted molar refractivity (Wildman–Crippen MR) is 118 cm³/mol. The van der Waals surface area contributed by atoms with Gasteiger partial charge in [-0.05, 0) is 47.1 Å². The number of hydrogen-bond acceptors (Lipinski definition) is 3. The maximum absolute atomic E-state index is 4.77. The van der Waals surface area contributed by atoms with Crippen molar-refractivity contribution in [1.82, 2.24) is 25.7 Å². The normalized spacial score (nSPS) is 13.5. The highest BCUT2D eigenvalue weighted by Gasteiger charge is 2.21. The van der Waals surface area contributed by atoms with Crippen LogP contribution in [0.3, 0.4) is 0 Å². The van der Waals surface area contributed by atoms with Crippen LogP contribution in [-0.4, -0.2) is 34.4 Å². The summed E-state index contributed by atoms with van der Waals surface area (Å²) in [6, 6.07) is 10.8. The standard InChI is InChI=1S/C22H36N6/c1-8-23-21(24-14-20-17(3)27-28(7)18(20)4)25-15-22(5,6)26-16(2)19-12-10-9-11-13-19/h9-13,16,26H,8,14-15H2,1-7H3,(H2,23,24,25). The molecule has 0 aliphatic rings. The zero-order valence-corrected chi connectivity index (χ0v) is 18.4.